The van der Waals surface area contributed by atoms with Crippen molar-refractivity contribution in [1.82, 2.24) is 5.32 Å². The lowest BCUT2D eigenvalue weighted by Crippen LogP contribution is -2.17. The molecule has 2 rings (SSSR count). The molecule has 1 atom stereocenters. The minimum atomic E-state index is -0.576. The first kappa shape index (κ1) is 12.1. The van der Waals surface area contributed by atoms with Gasteiger partial charge in [-0.25, -0.2) is 4.39 Å². The number of benzene rings is 1. The molecular weight excluding hydrogens is 237 g/mol. The second kappa shape index (κ2) is 5.29. The topological polar surface area (TPSA) is 32.3 Å². The average molecular weight is 251 g/mol. The Labute approximate surface area is 104 Å². The van der Waals surface area contributed by atoms with Gasteiger partial charge >= 0.3 is 0 Å². The van der Waals surface area contributed by atoms with Crippen molar-refractivity contribution in [3.8, 4) is 5.75 Å². The molecule has 0 amide bonds. The minimum absolute atomic E-state index is 0.192. The van der Waals surface area contributed by atoms with E-state index in [4.69, 9.17) is 0 Å². The van der Waals surface area contributed by atoms with Crippen LogP contribution in [0.15, 0.2) is 35.7 Å². The van der Waals surface area contributed by atoms with Crippen LogP contribution < -0.4 is 5.32 Å². The number of aromatic hydroxyl groups is 1. The SMILES string of the molecule is C[C@@H](NCc1cccc(F)c1O)c1cccs1. The monoisotopic (exact) mass is 251 g/mol. The molecule has 0 aliphatic carbocycles. The van der Waals surface area contributed by atoms with Gasteiger partial charge < -0.3 is 10.4 Å². The molecule has 0 saturated carbocycles. The highest BCUT2D eigenvalue weighted by atomic mass is 32.1. The lowest BCUT2D eigenvalue weighted by Gasteiger charge is -2.13. The van der Waals surface area contributed by atoms with E-state index in [1.807, 2.05) is 24.4 Å². The van der Waals surface area contributed by atoms with Gasteiger partial charge in [0.1, 0.15) is 0 Å². The van der Waals surface area contributed by atoms with E-state index in [1.165, 1.54) is 10.9 Å². The molecule has 0 aliphatic heterocycles. The van der Waals surface area contributed by atoms with Gasteiger partial charge in [0.2, 0.25) is 0 Å². The molecule has 0 unspecified atom stereocenters. The van der Waals surface area contributed by atoms with E-state index in [0.29, 0.717) is 12.1 Å². The third-order valence-electron chi connectivity index (χ3n) is 2.64. The van der Waals surface area contributed by atoms with Gasteiger partial charge in [-0.1, -0.05) is 18.2 Å². The van der Waals surface area contributed by atoms with Gasteiger partial charge in [-0.2, -0.15) is 0 Å². The second-order valence-electron chi connectivity index (χ2n) is 3.87. The zero-order valence-corrected chi connectivity index (χ0v) is 10.3. The highest BCUT2D eigenvalue weighted by Crippen LogP contribution is 2.23. The van der Waals surface area contributed by atoms with Crippen LogP contribution in [0.3, 0.4) is 0 Å². The van der Waals surface area contributed by atoms with Crippen LogP contribution in [0, 0.1) is 5.82 Å². The van der Waals surface area contributed by atoms with Crippen LogP contribution in [0.2, 0.25) is 0 Å². The molecule has 0 bridgehead atoms. The first-order valence-electron chi connectivity index (χ1n) is 5.41. The first-order chi connectivity index (χ1) is 8.18. The van der Waals surface area contributed by atoms with Crippen molar-refractivity contribution in [3.63, 3.8) is 0 Å². The molecule has 0 radical (unpaired) electrons. The van der Waals surface area contributed by atoms with Crippen LogP contribution in [0.5, 0.6) is 5.75 Å². The summed E-state index contributed by atoms with van der Waals surface area (Å²) in [7, 11) is 0. The summed E-state index contributed by atoms with van der Waals surface area (Å²) in [5.74, 6) is -0.841. The smallest absolute Gasteiger partial charge is 0.165 e. The third kappa shape index (κ3) is 2.84. The van der Waals surface area contributed by atoms with Gasteiger partial charge in [0.25, 0.3) is 0 Å². The van der Waals surface area contributed by atoms with Crippen LogP contribution in [0.25, 0.3) is 0 Å². The van der Waals surface area contributed by atoms with Gasteiger partial charge in [-0.3, -0.25) is 0 Å². The van der Waals surface area contributed by atoms with Gasteiger partial charge in [-0.05, 0) is 24.4 Å². The maximum Gasteiger partial charge on any atom is 0.165 e. The zero-order chi connectivity index (χ0) is 12.3. The number of nitrogens with one attached hydrogen (secondary N) is 1. The van der Waals surface area contributed by atoms with Crippen LogP contribution in [0.1, 0.15) is 23.4 Å². The summed E-state index contributed by atoms with van der Waals surface area (Å²) < 4.78 is 13.1. The molecule has 1 aromatic heterocycles. The summed E-state index contributed by atoms with van der Waals surface area (Å²) in [5, 5.41) is 14.8. The number of para-hydroxylation sites is 1. The Morgan fingerprint density at radius 3 is 2.88 bits per heavy atom. The number of phenols is 1. The van der Waals surface area contributed by atoms with Crippen LogP contribution in [-0.4, -0.2) is 5.11 Å². The molecular formula is C13H14FNOS. The van der Waals surface area contributed by atoms with Gasteiger partial charge in [0.05, 0.1) is 0 Å². The molecule has 2 aromatic rings. The Kier molecular flexibility index (Phi) is 3.76. The quantitative estimate of drug-likeness (QED) is 0.872. The third-order valence-corrected chi connectivity index (χ3v) is 3.69. The summed E-state index contributed by atoms with van der Waals surface area (Å²) in [6.45, 7) is 2.49. The van der Waals surface area contributed by atoms with Crippen molar-refractivity contribution < 1.29 is 9.50 Å². The van der Waals surface area contributed by atoms with E-state index in [2.05, 4.69) is 5.32 Å². The Bertz CT molecular complexity index is 484. The van der Waals surface area contributed by atoms with Crippen molar-refractivity contribution in [1.29, 1.82) is 0 Å². The Morgan fingerprint density at radius 2 is 2.18 bits per heavy atom. The lowest BCUT2D eigenvalue weighted by molar-refractivity contribution is 0.421. The van der Waals surface area contributed by atoms with E-state index >= 15 is 0 Å². The average Bonchev–Trinajstić information content (AvgIpc) is 2.84. The van der Waals surface area contributed by atoms with E-state index < -0.39 is 5.82 Å². The van der Waals surface area contributed by atoms with Gasteiger partial charge in [-0.15, -0.1) is 11.3 Å². The van der Waals surface area contributed by atoms with Crippen molar-refractivity contribution in [2.45, 2.75) is 19.5 Å². The predicted molar refractivity (Wildman–Crippen MR) is 67.6 cm³/mol. The normalized spacial score (nSPS) is 12.6. The number of halogens is 1. The lowest BCUT2D eigenvalue weighted by atomic mass is 10.1. The summed E-state index contributed by atoms with van der Waals surface area (Å²) >= 11 is 1.67. The fraction of sp³-hybridized carbons (Fsp3) is 0.231. The number of hydrogen-bond donors (Lipinski definition) is 2. The fourth-order valence-corrected chi connectivity index (χ4v) is 2.36. The minimum Gasteiger partial charge on any atom is -0.505 e. The van der Waals surface area contributed by atoms with Crippen molar-refractivity contribution in [3.05, 3.63) is 52.0 Å². The van der Waals surface area contributed by atoms with Crippen molar-refractivity contribution in [2.24, 2.45) is 0 Å². The number of phenolic OH excluding ortho intramolecular Hbond substituents is 1. The number of rotatable bonds is 4. The molecule has 17 heavy (non-hydrogen) atoms. The predicted octanol–water partition coefficient (Wildman–Crippen LogP) is 3.44. The summed E-state index contributed by atoms with van der Waals surface area (Å²) in [6, 6.07) is 8.80. The van der Waals surface area contributed by atoms with E-state index in [0.717, 1.165) is 0 Å². The van der Waals surface area contributed by atoms with E-state index in [-0.39, 0.29) is 11.8 Å². The highest BCUT2D eigenvalue weighted by molar-refractivity contribution is 7.10. The maximum atomic E-state index is 13.1. The first-order valence-corrected chi connectivity index (χ1v) is 6.29. The van der Waals surface area contributed by atoms with E-state index in [1.54, 1.807) is 23.5 Å². The Morgan fingerprint density at radius 1 is 1.35 bits per heavy atom. The molecule has 2 nitrogen and oxygen atoms in total. The molecule has 1 aromatic carbocycles. The molecule has 0 fully saturated rings. The zero-order valence-electron chi connectivity index (χ0n) is 9.48. The fourth-order valence-electron chi connectivity index (χ4n) is 1.60. The maximum absolute atomic E-state index is 13.1. The Balaban J connectivity index is 2.00. The second-order valence-corrected chi connectivity index (χ2v) is 4.84. The van der Waals surface area contributed by atoms with Crippen LogP contribution in [-0.2, 0) is 6.54 Å². The molecule has 90 valence electrons. The molecule has 2 N–H and O–H groups in total. The van der Waals surface area contributed by atoms with E-state index in [9.17, 15) is 9.50 Å². The summed E-state index contributed by atoms with van der Waals surface area (Å²) in [4.78, 5) is 1.22. The number of thiophene rings is 1. The standard InChI is InChI=1S/C13H14FNOS/c1-9(12-6-3-7-17-12)15-8-10-4-2-5-11(14)13(10)16/h2-7,9,15-16H,8H2,1H3/t9-/m1/s1. The summed E-state index contributed by atoms with van der Waals surface area (Å²) in [5.41, 5.74) is 0.577. The van der Waals surface area contributed by atoms with Gasteiger partial charge in [0, 0.05) is 23.0 Å². The molecule has 0 aliphatic rings. The summed E-state index contributed by atoms with van der Waals surface area (Å²) in [6.07, 6.45) is 0. The van der Waals surface area contributed by atoms with Crippen LogP contribution in [0.4, 0.5) is 4.39 Å². The molecule has 4 heteroatoms. The van der Waals surface area contributed by atoms with Crippen LogP contribution >= 0.6 is 11.3 Å². The van der Waals surface area contributed by atoms with Crippen molar-refractivity contribution in [2.75, 3.05) is 0 Å². The van der Waals surface area contributed by atoms with Gasteiger partial charge in [0.15, 0.2) is 11.6 Å². The molecule has 0 saturated heterocycles. The largest absolute Gasteiger partial charge is 0.505 e. The van der Waals surface area contributed by atoms with Crippen molar-refractivity contribution >= 4 is 11.3 Å². The number of hydrogen-bond acceptors (Lipinski definition) is 3. The highest BCUT2D eigenvalue weighted by Gasteiger charge is 2.09. The Hall–Kier alpha value is -1.39. The molecule has 1 heterocycles. The molecule has 0 spiro atoms.